The van der Waals surface area contributed by atoms with Gasteiger partial charge in [-0.2, -0.15) is 0 Å². The van der Waals surface area contributed by atoms with Crippen LogP contribution in [0.15, 0.2) is 23.8 Å². The monoisotopic (exact) mass is 154 g/mol. The number of aldehydes is 1. The molecule has 11 heavy (non-hydrogen) atoms. The van der Waals surface area contributed by atoms with Crippen LogP contribution in [-0.4, -0.2) is 6.29 Å². The number of carbonyl (C=O) groups is 1. The Morgan fingerprint density at radius 1 is 1.27 bits per heavy atom. The van der Waals surface area contributed by atoms with Gasteiger partial charge in [-0.05, 0) is 19.4 Å². The normalized spacial score (nSPS) is 10.7. The first-order valence-electron chi connectivity index (χ1n) is 4.06. The third kappa shape index (κ3) is 9.15. The van der Waals surface area contributed by atoms with Gasteiger partial charge in [-0.3, -0.25) is 0 Å². The highest BCUT2D eigenvalue weighted by atomic mass is 16.1. The van der Waals surface area contributed by atoms with Gasteiger partial charge in [0, 0.05) is 6.42 Å². The van der Waals surface area contributed by atoms with Crippen molar-refractivity contribution in [2.75, 3.05) is 0 Å². The summed E-state index contributed by atoms with van der Waals surface area (Å²) in [5, 5.41) is 0. The summed E-state index contributed by atoms with van der Waals surface area (Å²) >= 11 is 0. The molecule has 0 aliphatic carbocycles. The Hall–Kier alpha value is -0.850. The first kappa shape index (κ1) is 12.8. The van der Waals surface area contributed by atoms with E-state index >= 15 is 0 Å². The lowest BCUT2D eigenvalue weighted by molar-refractivity contribution is -0.107. The highest BCUT2D eigenvalue weighted by Gasteiger charge is 1.84. The predicted octanol–water partition coefficient (Wildman–Crippen LogP) is 3.12. The molecule has 0 aromatic rings. The maximum atomic E-state index is 9.97. The van der Waals surface area contributed by atoms with Crippen LogP contribution < -0.4 is 0 Å². The number of hydrogen-bond acceptors (Lipinski definition) is 1. The molecule has 0 aromatic heterocycles. The Morgan fingerprint density at radius 2 is 1.82 bits per heavy atom. The number of allylic oxidation sites excluding steroid dienone is 4. The lowest BCUT2D eigenvalue weighted by Crippen LogP contribution is -1.77. The zero-order chi connectivity index (χ0) is 9.11. The molecule has 0 aliphatic rings. The Bertz CT molecular complexity index is 132. The van der Waals surface area contributed by atoms with Crippen molar-refractivity contribution in [1.82, 2.24) is 0 Å². The van der Waals surface area contributed by atoms with Crippen LogP contribution in [-0.2, 0) is 4.79 Å². The molecule has 0 aliphatic heterocycles. The predicted molar refractivity (Wildman–Crippen MR) is 50.6 cm³/mol. The van der Waals surface area contributed by atoms with E-state index in [4.69, 9.17) is 0 Å². The van der Waals surface area contributed by atoms with Crippen molar-refractivity contribution < 1.29 is 4.79 Å². The van der Waals surface area contributed by atoms with E-state index in [1.165, 1.54) is 0 Å². The quantitative estimate of drug-likeness (QED) is 0.451. The van der Waals surface area contributed by atoms with Gasteiger partial charge in [0.1, 0.15) is 6.29 Å². The van der Waals surface area contributed by atoms with Crippen LogP contribution in [0.1, 0.15) is 34.1 Å². The average molecular weight is 154 g/mol. The maximum absolute atomic E-state index is 9.97. The van der Waals surface area contributed by atoms with E-state index < -0.39 is 0 Å². The zero-order valence-electron chi connectivity index (χ0n) is 7.92. The summed E-state index contributed by atoms with van der Waals surface area (Å²) < 4.78 is 0. The minimum atomic E-state index is 0.529. The lowest BCUT2D eigenvalue weighted by Gasteiger charge is -1.89. The fourth-order valence-electron chi connectivity index (χ4n) is 0.592. The maximum Gasteiger partial charge on any atom is 0.124 e. The molecule has 0 heterocycles. The molecular formula is C10H18O. The SMILES string of the molecule is C/C=C\C(=C/C)CC=O.CC. The first-order valence-corrected chi connectivity index (χ1v) is 4.06. The molecule has 0 amide bonds. The molecule has 0 spiro atoms. The minimum Gasteiger partial charge on any atom is -0.303 e. The molecule has 0 bridgehead atoms. The summed E-state index contributed by atoms with van der Waals surface area (Å²) in [5.74, 6) is 0. The Labute approximate surface area is 69.8 Å². The standard InChI is InChI=1S/C8H12O.C2H6/c1-3-5-8(4-2)6-7-9;1-2/h3-5,7H,6H2,1-2H3;1-2H3/b5-3-,8-4+;. The largest absolute Gasteiger partial charge is 0.303 e. The van der Waals surface area contributed by atoms with Crippen molar-refractivity contribution in [3.8, 4) is 0 Å². The van der Waals surface area contributed by atoms with E-state index in [0.29, 0.717) is 6.42 Å². The molecule has 0 atom stereocenters. The second-order valence-corrected chi connectivity index (χ2v) is 1.73. The van der Waals surface area contributed by atoms with Crippen LogP contribution in [0.4, 0.5) is 0 Å². The minimum absolute atomic E-state index is 0.529. The molecule has 0 saturated carbocycles. The number of rotatable bonds is 3. The molecule has 64 valence electrons. The van der Waals surface area contributed by atoms with Gasteiger partial charge in [-0.1, -0.05) is 32.1 Å². The summed E-state index contributed by atoms with van der Waals surface area (Å²) in [6, 6.07) is 0. The van der Waals surface area contributed by atoms with Crippen molar-refractivity contribution >= 4 is 6.29 Å². The van der Waals surface area contributed by atoms with Gasteiger partial charge in [-0.25, -0.2) is 0 Å². The Kier molecular flexibility index (Phi) is 13.8. The van der Waals surface area contributed by atoms with Crippen LogP contribution in [0.25, 0.3) is 0 Å². The van der Waals surface area contributed by atoms with E-state index in [2.05, 4.69) is 0 Å². The van der Waals surface area contributed by atoms with Crippen LogP contribution in [0, 0.1) is 0 Å². The molecule has 0 fully saturated rings. The highest BCUT2D eigenvalue weighted by Crippen LogP contribution is 1.99. The van der Waals surface area contributed by atoms with Gasteiger partial charge in [-0.15, -0.1) is 0 Å². The molecule has 1 nitrogen and oxygen atoms in total. The average Bonchev–Trinajstić information content (AvgIpc) is 2.08. The van der Waals surface area contributed by atoms with Gasteiger partial charge in [0.2, 0.25) is 0 Å². The van der Waals surface area contributed by atoms with E-state index in [1.54, 1.807) is 0 Å². The molecule has 0 unspecified atom stereocenters. The number of hydrogen-bond donors (Lipinski definition) is 0. The van der Waals surface area contributed by atoms with Gasteiger partial charge in [0.25, 0.3) is 0 Å². The topological polar surface area (TPSA) is 17.1 Å². The zero-order valence-corrected chi connectivity index (χ0v) is 7.92. The van der Waals surface area contributed by atoms with Crippen LogP contribution in [0.3, 0.4) is 0 Å². The third-order valence-corrected chi connectivity index (χ3v) is 1.07. The summed E-state index contributed by atoms with van der Waals surface area (Å²) in [4.78, 5) is 9.97. The van der Waals surface area contributed by atoms with Crippen molar-refractivity contribution in [1.29, 1.82) is 0 Å². The molecule has 0 rings (SSSR count). The third-order valence-electron chi connectivity index (χ3n) is 1.07. The molecule has 0 N–H and O–H groups in total. The summed E-state index contributed by atoms with van der Waals surface area (Å²) in [7, 11) is 0. The van der Waals surface area contributed by atoms with Crippen molar-refractivity contribution in [2.24, 2.45) is 0 Å². The van der Waals surface area contributed by atoms with Gasteiger partial charge in [0.05, 0.1) is 0 Å². The Morgan fingerprint density at radius 3 is 2.09 bits per heavy atom. The second kappa shape index (κ2) is 11.9. The van der Waals surface area contributed by atoms with Gasteiger partial charge < -0.3 is 4.79 Å². The molecule has 0 aromatic carbocycles. The molecular weight excluding hydrogens is 136 g/mol. The smallest absolute Gasteiger partial charge is 0.124 e. The Balaban J connectivity index is 0. The highest BCUT2D eigenvalue weighted by molar-refractivity contribution is 5.55. The van der Waals surface area contributed by atoms with Crippen LogP contribution in [0.5, 0.6) is 0 Å². The van der Waals surface area contributed by atoms with E-state index in [0.717, 1.165) is 11.9 Å². The molecule has 0 radical (unpaired) electrons. The lowest BCUT2D eigenvalue weighted by atomic mass is 10.2. The van der Waals surface area contributed by atoms with Gasteiger partial charge >= 0.3 is 0 Å². The van der Waals surface area contributed by atoms with E-state index in [-0.39, 0.29) is 0 Å². The van der Waals surface area contributed by atoms with Crippen LogP contribution in [0.2, 0.25) is 0 Å². The summed E-state index contributed by atoms with van der Waals surface area (Å²) in [5.41, 5.74) is 1.08. The van der Waals surface area contributed by atoms with Crippen molar-refractivity contribution in [2.45, 2.75) is 34.1 Å². The summed E-state index contributed by atoms with van der Waals surface area (Å²) in [6.45, 7) is 7.87. The second-order valence-electron chi connectivity index (χ2n) is 1.73. The molecule has 1 heteroatoms. The first-order chi connectivity index (χ1) is 5.35. The van der Waals surface area contributed by atoms with Crippen LogP contribution >= 0.6 is 0 Å². The van der Waals surface area contributed by atoms with E-state index in [1.807, 2.05) is 45.9 Å². The number of carbonyl (C=O) groups excluding carboxylic acids is 1. The van der Waals surface area contributed by atoms with Crippen molar-refractivity contribution in [3.05, 3.63) is 23.8 Å². The van der Waals surface area contributed by atoms with E-state index in [9.17, 15) is 4.79 Å². The fourth-order valence-corrected chi connectivity index (χ4v) is 0.592. The van der Waals surface area contributed by atoms with Crippen molar-refractivity contribution in [3.63, 3.8) is 0 Å². The fraction of sp³-hybridized carbons (Fsp3) is 0.500. The van der Waals surface area contributed by atoms with Gasteiger partial charge in [0.15, 0.2) is 0 Å². The summed E-state index contributed by atoms with van der Waals surface area (Å²) in [6.07, 6.45) is 7.25. The molecule has 0 saturated heterocycles.